The van der Waals surface area contributed by atoms with Gasteiger partial charge in [0, 0.05) is 15.6 Å². The Labute approximate surface area is 142 Å². The van der Waals surface area contributed by atoms with Crippen molar-refractivity contribution in [2.24, 2.45) is 0 Å². The van der Waals surface area contributed by atoms with Gasteiger partial charge in [0.05, 0.1) is 0 Å². The minimum atomic E-state index is 0.0401. The molecule has 0 unspecified atom stereocenters. The van der Waals surface area contributed by atoms with Crippen LogP contribution in [0.5, 0.6) is 0 Å². The average molecular weight is 361 g/mol. The van der Waals surface area contributed by atoms with Crippen LogP contribution in [0.2, 0.25) is 0 Å². The van der Waals surface area contributed by atoms with Crippen LogP contribution < -0.4 is 0 Å². The van der Waals surface area contributed by atoms with Crippen LogP contribution in [0.3, 0.4) is 0 Å². The van der Waals surface area contributed by atoms with Crippen LogP contribution in [-0.4, -0.2) is 5.78 Å². The number of carbonyl (C=O) groups is 1. The third-order valence-electron chi connectivity index (χ3n) is 4.11. The number of hydrogen-bond donors (Lipinski definition) is 0. The van der Waals surface area contributed by atoms with Gasteiger partial charge in [0.1, 0.15) is 0 Å². The Morgan fingerprint density at radius 2 is 1.26 bits per heavy atom. The van der Waals surface area contributed by atoms with Gasteiger partial charge in [-0.1, -0.05) is 70.5 Å². The van der Waals surface area contributed by atoms with Gasteiger partial charge in [0.2, 0.25) is 0 Å². The maximum Gasteiger partial charge on any atom is 0.194 e. The lowest BCUT2D eigenvalue weighted by Gasteiger charge is -2.09. The van der Waals surface area contributed by atoms with E-state index in [4.69, 9.17) is 0 Å². The minimum absolute atomic E-state index is 0.0401. The van der Waals surface area contributed by atoms with Gasteiger partial charge in [-0.05, 0) is 45.8 Å². The molecule has 0 saturated heterocycles. The van der Waals surface area contributed by atoms with Crippen molar-refractivity contribution in [2.75, 3.05) is 0 Å². The van der Waals surface area contributed by atoms with E-state index >= 15 is 0 Å². The van der Waals surface area contributed by atoms with Crippen LogP contribution in [0.15, 0.2) is 83.3 Å². The maximum atomic E-state index is 13.0. The number of fused-ring (bicyclic) bond motifs is 2. The van der Waals surface area contributed by atoms with Gasteiger partial charge in [0.25, 0.3) is 0 Å². The zero-order chi connectivity index (χ0) is 15.8. The van der Waals surface area contributed by atoms with Crippen molar-refractivity contribution in [3.05, 3.63) is 94.5 Å². The summed E-state index contributed by atoms with van der Waals surface area (Å²) in [5, 5.41) is 4.41. The molecule has 4 rings (SSSR count). The summed E-state index contributed by atoms with van der Waals surface area (Å²) in [7, 11) is 0. The SMILES string of the molecule is O=C(c1ccccc1Br)c1cccc2cc3ccccc3cc12. The Balaban J connectivity index is 1.98. The molecule has 0 spiro atoms. The van der Waals surface area contributed by atoms with Gasteiger partial charge in [0.15, 0.2) is 5.78 Å². The third kappa shape index (κ3) is 2.45. The number of rotatable bonds is 2. The summed E-state index contributed by atoms with van der Waals surface area (Å²) in [6.45, 7) is 0. The van der Waals surface area contributed by atoms with E-state index in [0.717, 1.165) is 26.2 Å². The predicted octanol–water partition coefficient (Wildman–Crippen LogP) is 5.99. The molecule has 0 atom stereocenters. The monoisotopic (exact) mass is 360 g/mol. The minimum Gasteiger partial charge on any atom is -0.289 e. The molecule has 23 heavy (non-hydrogen) atoms. The van der Waals surface area contributed by atoms with E-state index in [2.05, 4.69) is 46.3 Å². The van der Waals surface area contributed by atoms with Crippen LogP contribution in [0.25, 0.3) is 21.5 Å². The molecule has 4 aromatic rings. The molecule has 0 heterocycles. The van der Waals surface area contributed by atoms with Gasteiger partial charge < -0.3 is 0 Å². The fourth-order valence-corrected chi connectivity index (χ4v) is 3.42. The Hall–Kier alpha value is -2.45. The van der Waals surface area contributed by atoms with Crippen LogP contribution >= 0.6 is 15.9 Å². The lowest BCUT2D eigenvalue weighted by Crippen LogP contribution is -2.03. The molecule has 0 bridgehead atoms. The molecule has 0 aliphatic carbocycles. The summed E-state index contributed by atoms with van der Waals surface area (Å²) >= 11 is 3.48. The molecule has 0 aliphatic heterocycles. The van der Waals surface area contributed by atoms with E-state index < -0.39 is 0 Å². The zero-order valence-corrected chi connectivity index (χ0v) is 13.9. The molecule has 0 amide bonds. The third-order valence-corrected chi connectivity index (χ3v) is 4.80. The Morgan fingerprint density at radius 3 is 2.04 bits per heavy atom. The van der Waals surface area contributed by atoms with Crippen LogP contribution in [0, 0.1) is 0 Å². The summed E-state index contributed by atoms with van der Waals surface area (Å²) in [5.41, 5.74) is 1.42. The van der Waals surface area contributed by atoms with Crippen LogP contribution in [0.1, 0.15) is 15.9 Å². The van der Waals surface area contributed by atoms with Gasteiger partial charge in [-0.2, -0.15) is 0 Å². The topological polar surface area (TPSA) is 17.1 Å². The molecule has 0 saturated carbocycles. The molecular weight excluding hydrogens is 348 g/mol. The molecule has 4 aromatic carbocycles. The second kappa shape index (κ2) is 5.64. The summed E-state index contributed by atoms with van der Waals surface area (Å²) in [6, 6.07) is 25.9. The summed E-state index contributed by atoms with van der Waals surface area (Å²) in [5.74, 6) is 0.0401. The van der Waals surface area contributed by atoms with Crippen molar-refractivity contribution in [3.8, 4) is 0 Å². The van der Waals surface area contributed by atoms with Crippen molar-refractivity contribution in [1.82, 2.24) is 0 Å². The van der Waals surface area contributed by atoms with Gasteiger partial charge in [-0.15, -0.1) is 0 Å². The van der Waals surface area contributed by atoms with Crippen molar-refractivity contribution < 1.29 is 4.79 Å². The van der Waals surface area contributed by atoms with Crippen molar-refractivity contribution in [3.63, 3.8) is 0 Å². The second-order valence-electron chi connectivity index (χ2n) is 5.54. The first kappa shape index (κ1) is 14.2. The van der Waals surface area contributed by atoms with Crippen molar-refractivity contribution in [2.45, 2.75) is 0 Å². The molecule has 0 fully saturated rings. The Morgan fingerprint density at radius 1 is 0.652 bits per heavy atom. The summed E-state index contributed by atoms with van der Waals surface area (Å²) in [6.07, 6.45) is 0. The lowest BCUT2D eigenvalue weighted by molar-refractivity contribution is 0.103. The number of carbonyl (C=O) groups excluding carboxylic acids is 1. The normalized spacial score (nSPS) is 11.0. The van der Waals surface area contributed by atoms with E-state index in [1.807, 2.05) is 48.5 Å². The highest BCUT2D eigenvalue weighted by Gasteiger charge is 2.15. The van der Waals surface area contributed by atoms with Crippen molar-refractivity contribution in [1.29, 1.82) is 0 Å². The highest BCUT2D eigenvalue weighted by molar-refractivity contribution is 9.10. The first-order chi connectivity index (χ1) is 11.2. The van der Waals surface area contributed by atoms with E-state index in [1.54, 1.807) is 0 Å². The van der Waals surface area contributed by atoms with Gasteiger partial charge in [-0.25, -0.2) is 0 Å². The molecule has 0 radical (unpaired) electrons. The lowest BCUT2D eigenvalue weighted by atomic mass is 9.95. The smallest absolute Gasteiger partial charge is 0.194 e. The zero-order valence-electron chi connectivity index (χ0n) is 12.3. The van der Waals surface area contributed by atoms with E-state index in [1.165, 1.54) is 5.39 Å². The first-order valence-corrected chi connectivity index (χ1v) is 8.24. The predicted molar refractivity (Wildman–Crippen MR) is 99.0 cm³/mol. The largest absolute Gasteiger partial charge is 0.289 e. The number of ketones is 1. The molecular formula is C21H13BrO. The fraction of sp³-hybridized carbons (Fsp3) is 0. The van der Waals surface area contributed by atoms with Crippen LogP contribution in [-0.2, 0) is 0 Å². The number of halogens is 1. The Kier molecular flexibility index (Phi) is 3.47. The highest BCUT2D eigenvalue weighted by atomic mass is 79.9. The number of hydrogen-bond acceptors (Lipinski definition) is 1. The number of benzene rings is 4. The summed E-state index contributed by atoms with van der Waals surface area (Å²) < 4.78 is 0.822. The fourth-order valence-electron chi connectivity index (χ4n) is 2.96. The molecule has 0 aromatic heterocycles. The molecule has 1 nitrogen and oxygen atoms in total. The standard InChI is InChI=1S/C21H13BrO/c22-20-11-4-3-9-18(20)21(23)17-10-5-8-16-12-14-6-1-2-7-15(14)13-19(16)17/h1-13H. The molecule has 2 heteroatoms. The van der Waals surface area contributed by atoms with Gasteiger partial charge >= 0.3 is 0 Å². The van der Waals surface area contributed by atoms with Crippen molar-refractivity contribution >= 4 is 43.3 Å². The highest BCUT2D eigenvalue weighted by Crippen LogP contribution is 2.28. The average Bonchev–Trinajstić information content (AvgIpc) is 2.59. The van der Waals surface area contributed by atoms with Crippen LogP contribution in [0.4, 0.5) is 0 Å². The first-order valence-electron chi connectivity index (χ1n) is 7.45. The van der Waals surface area contributed by atoms with Gasteiger partial charge in [-0.3, -0.25) is 4.79 Å². The molecule has 110 valence electrons. The molecule has 0 N–H and O–H groups in total. The summed E-state index contributed by atoms with van der Waals surface area (Å²) in [4.78, 5) is 13.0. The quantitative estimate of drug-likeness (QED) is 0.317. The maximum absolute atomic E-state index is 13.0. The second-order valence-corrected chi connectivity index (χ2v) is 6.39. The molecule has 0 aliphatic rings. The van der Waals surface area contributed by atoms with E-state index in [-0.39, 0.29) is 5.78 Å². The van der Waals surface area contributed by atoms with E-state index in [0.29, 0.717) is 5.56 Å². The Bertz CT molecular complexity index is 1050. The van der Waals surface area contributed by atoms with E-state index in [9.17, 15) is 4.79 Å².